The molecule has 0 spiro atoms. The molecule has 0 aromatic carbocycles. The Hall–Kier alpha value is -1.13. The second-order valence-electron chi connectivity index (χ2n) is 4.41. The van der Waals surface area contributed by atoms with Crippen molar-refractivity contribution in [2.75, 3.05) is 7.05 Å². The minimum Gasteiger partial charge on any atom is -0.341 e. The predicted molar refractivity (Wildman–Crippen MR) is 78.2 cm³/mol. The Balaban J connectivity index is 1.83. The molecular formula is C14H17NOS2. The van der Waals surface area contributed by atoms with Gasteiger partial charge in [0.2, 0.25) is 5.91 Å². The highest BCUT2D eigenvalue weighted by Crippen LogP contribution is 2.18. The van der Waals surface area contributed by atoms with Gasteiger partial charge in [-0.05, 0) is 52.7 Å². The van der Waals surface area contributed by atoms with E-state index >= 15 is 0 Å². The Morgan fingerprint density at radius 1 is 1.33 bits per heavy atom. The van der Waals surface area contributed by atoms with Gasteiger partial charge in [0, 0.05) is 18.3 Å². The van der Waals surface area contributed by atoms with Gasteiger partial charge in [0.1, 0.15) is 0 Å². The van der Waals surface area contributed by atoms with Gasteiger partial charge in [0.05, 0.1) is 6.54 Å². The topological polar surface area (TPSA) is 20.3 Å². The number of carbonyl (C=O) groups excluding carboxylic acids is 1. The maximum absolute atomic E-state index is 12.0. The number of thiophene rings is 2. The van der Waals surface area contributed by atoms with Crippen molar-refractivity contribution in [2.45, 2.75) is 26.3 Å². The lowest BCUT2D eigenvalue weighted by molar-refractivity contribution is -0.130. The maximum atomic E-state index is 12.0. The summed E-state index contributed by atoms with van der Waals surface area (Å²) in [5.74, 6) is 0.217. The zero-order chi connectivity index (χ0) is 13.0. The average molecular weight is 279 g/mol. The Morgan fingerprint density at radius 3 is 2.78 bits per heavy atom. The number of hydrogen-bond acceptors (Lipinski definition) is 3. The summed E-state index contributed by atoms with van der Waals surface area (Å²) in [4.78, 5) is 15.1. The summed E-state index contributed by atoms with van der Waals surface area (Å²) in [5, 5.41) is 6.24. The first-order chi connectivity index (χ1) is 8.66. The standard InChI is InChI=1S/C14H17NOS2/c1-11-5-8-18-13(11)9-15(2)14(16)4-3-12-6-7-17-10-12/h5-8,10H,3-4,9H2,1-2H3. The molecule has 0 N–H and O–H groups in total. The van der Waals surface area contributed by atoms with Gasteiger partial charge in [-0.15, -0.1) is 11.3 Å². The summed E-state index contributed by atoms with van der Waals surface area (Å²) in [7, 11) is 1.88. The lowest BCUT2D eigenvalue weighted by Gasteiger charge is -2.16. The van der Waals surface area contributed by atoms with Gasteiger partial charge < -0.3 is 4.90 Å². The summed E-state index contributed by atoms with van der Waals surface area (Å²) >= 11 is 3.40. The molecule has 0 saturated heterocycles. The first-order valence-corrected chi connectivity index (χ1v) is 7.77. The van der Waals surface area contributed by atoms with Gasteiger partial charge >= 0.3 is 0 Å². The van der Waals surface area contributed by atoms with E-state index in [4.69, 9.17) is 0 Å². The molecule has 0 aliphatic rings. The first-order valence-electron chi connectivity index (χ1n) is 5.95. The van der Waals surface area contributed by atoms with Crippen LogP contribution < -0.4 is 0 Å². The molecule has 0 atom stereocenters. The summed E-state index contributed by atoms with van der Waals surface area (Å²) in [6.45, 7) is 2.82. The van der Waals surface area contributed by atoms with Crippen LogP contribution in [0.3, 0.4) is 0 Å². The molecule has 0 radical (unpaired) electrons. The normalized spacial score (nSPS) is 10.6. The fourth-order valence-electron chi connectivity index (χ4n) is 1.75. The van der Waals surface area contributed by atoms with Crippen LogP contribution in [-0.4, -0.2) is 17.9 Å². The number of hydrogen-bond donors (Lipinski definition) is 0. The molecule has 1 amide bonds. The highest BCUT2D eigenvalue weighted by atomic mass is 32.1. The largest absolute Gasteiger partial charge is 0.341 e. The minimum absolute atomic E-state index is 0.217. The first kappa shape index (κ1) is 13.3. The zero-order valence-electron chi connectivity index (χ0n) is 10.7. The average Bonchev–Trinajstić information content (AvgIpc) is 2.99. The Kier molecular flexibility index (Phi) is 4.55. The minimum atomic E-state index is 0.217. The van der Waals surface area contributed by atoms with Crippen molar-refractivity contribution in [3.63, 3.8) is 0 Å². The van der Waals surface area contributed by atoms with Crippen LogP contribution in [0.25, 0.3) is 0 Å². The zero-order valence-corrected chi connectivity index (χ0v) is 12.3. The second-order valence-corrected chi connectivity index (χ2v) is 6.19. The molecule has 0 saturated carbocycles. The van der Waals surface area contributed by atoms with Crippen molar-refractivity contribution in [3.8, 4) is 0 Å². The third-order valence-corrected chi connectivity index (χ3v) is 4.72. The van der Waals surface area contributed by atoms with Crippen LogP contribution in [0.15, 0.2) is 28.3 Å². The monoisotopic (exact) mass is 279 g/mol. The summed E-state index contributed by atoms with van der Waals surface area (Å²) in [6.07, 6.45) is 1.44. The Bertz CT molecular complexity index is 502. The quantitative estimate of drug-likeness (QED) is 0.817. The van der Waals surface area contributed by atoms with Crippen molar-refractivity contribution < 1.29 is 4.79 Å². The SMILES string of the molecule is Cc1ccsc1CN(C)C(=O)CCc1ccsc1. The maximum Gasteiger partial charge on any atom is 0.222 e. The van der Waals surface area contributed by atoms with Crippen molar-refractivity contribution in [2.24, 2.45) is 0 Å². The highest BCUT2D eigenvalue weighted by molar-refractivity contribution is 7.10. The van der Waals surface area contributed by atoms with E-state index < -0.39 is 0 Å². The van der Waals surface area contributed by atoms with Crippen LogP contribution in [0, 0.1) is 6.92 Å². The third kappa shape index (κ3) is 3.43. The fourth-order valence-corrected chi connectivity index (χ4v) is 3.41. The van der Waals surface area contributed by atoms with Crippen LogP contribution in [0.4, 0.5) is 0 Å². The van der Waals surface area contributed by atoms with E-state index in [1.807, 2.05) is 11.9 Å². The highest BCUT2D eigenvalue weighted by Gasteiger charge is 2.11. The molecule has 0 aliphatic carbocycles. The van der Waals surface area contributed by atoms with Crippen LogP contribution in [0.2, 0.25) is 0 Å². The van der Waals surface area contributed by atoms with E-state index in [0.717, 1.165) is 13.0 Å². The number of carbonyl (C=O) groups is 1. The Labute approximate surface area is 116 Å². The summed E-state index contributed by atoms with van der Waals surface area (Å²) in [5.41, 5.74) is 2.53. The van der Waals surface area contributed by atoms with Crippen molar-refractivity contribution in [3.05, 3.63) is 44.3 Å². The predicted octanol–water partition coefficient (Wildman–Crippen LogP) is 3.71. The molecule has 0 aliphatic heterocycles. The molecule has 2 rings (SSSR count). The van der Waals surface area contributed by atoms with Crippen LogP contribution in [-0.2, 0) is 17.8 Å². The van der Waals surface area contributed by atoms with Crippen molar-refractivity contribution >= 4 is 28.6 Å². The second kappa shape index (κ2) is 6.16. The summed E-state index contributed by atoms with van der Waals surface area (Å²) < 4.78 is 0. The smallest absolute Gasteiger partial charge is 0.222 e. The molecule has 2 heterocycles. The molecule has 2 aromatic heterocycles. The molecular weight excluding hydrogens is 262 g/mol. The molecule has 18 heavy (non-hydrogen) atoms. The van der Waals surface area contributed by atoms with Gasteiger partial charge in [0.15, 0.2) is 0 Å². The van der Waals surface area contributed by atoms with E-state index in [0.29, 0.717) is 6.42 Å². The van der Waals surface area contributed by atoms with E-state index in [-0.39, 0.29) is 5.91 Å². The van der Waals surface area contributed by atoms with Gasteiger partial charge in [-0.25, -0.2) is 0 Å². The van der Waals surface area contributed by atoms with Crippen LogP contribution in [0.5, 0.6) is 0 Å². The fraction of sp³-hybridized carbons (Fsp3) is 0.357. The number of rotatable bonds is 5. The van der Waals surface area contributed by atoms with E-state index in [2.05, 4.69) is 35.2 Å². The Morgan fingerprint density at radius 2 is 2.17 bits per heavy atom. The molecule has 2 nitrogen and oxygen atoms in total. The van der Waals surface area contributed by atoms with E-state index in [1.165, 1.54) is 16.0 Å². The van der Waals surface area contributed by atoms with E-state index in [1.54, 1.807) is 22.7 Å². The van der Waals surface area contributed by atoms with Gasteiger partial charge in [-0.2, -0.15) is 11.3 Å². The molecule has 0 fully saturated rings. The van der Waals surface area contributed by atoms with Gasteiger partial charge in [-0.3, -0.25) is 4.79 Å². The molecule has 0 bridgehead atoms. The van der Waals surface area contributed by atoms with Crippen molar-refractivity contribution in [1.82, 2.24) is 4.90 Å². The molecule has 0 unspecified atom stereocenters. The van der Waals surface area contributed by atoms with Gasteiger partial charge in [0.25, 0.3) is 0 Å². The summed E-state index contributed by atoms with van der Waals surface area (Å²) in [6, 6.07) is 4.19. The lowest BCUT2D eigenvalue weighted by atomic mass is 10.2. The van der Waals surface area contributed by atoms with Crippen molar-refractivity contribution in [1.29, 1.82) is 0 Å². The third-order valence-electron chi connectivity index (χ3n) is 2.98. The molecule has 96 valence electrons. The van der Waals surface area contributed by atoms with Crippen LogP contribution in [0.1, 0.15) is 22.4 Å². The number of nitrogens with zero attached hydrogens (tertiary/aromatic N) is 1. The molecule has 2 aromatic rings. The van der Waals surface area contributed by atoms with Crippen LogP contribution >= 0.6 is 22.7 Å². The van der Waals surface area contributed by atoms with Gasteiger partial charge in [-0.1, -0.05) is 0 Å². The van der Waals surface area contributed by atoms with E-state index in [9.17, 15) is 4.79 Å². The number of amides is 1. The molecule has 4 heteroatoms. The lowest BCUT2D eigenvalue weighted by Crippen LogP contribution is -2.26. The number of aryl methyl sites for hydroxylation is 2.